The van der Waals surface area contributed by atoms with Gasteiger partial charge in [0.25, 0.3) is 0 Å². The molecule has 1 aliphatic rings. The van der Waals surface area contributed by atoms with Crippen molar-refractivity contribution in [3.05, 3.63) is 29.5 Å². The summed E-state index contributed by atoms with van der Waals surface area (Å²) >= 11 is 0. The van der Waals surface area contributed by atoms with Gasteiger partial charge in [0.2, 0.25) is 0 Å². The van der Waals surface area contributed by atoms with E-state index in [1.807, 2.05) is 13.0 Å². The van der Waals surface area contributed by atoms with Gasteiger partial charge in [-0.25, -0.2) is 4.98 Å². The summed E-state index contributed by atoms with van der Waals surface area (Å²) in [5.74, 6) is 0.717. The van der Waals surface area contributed by atoms with Gasteiger partial charge in [-0.1, -0.05) is 0 Å². The zero-order valence-electron chi connectivity index (χ0n) is 8.79. The molecule has 1 aliphatic carbocycles. The zero-order chi connectivity index (χ0) is 10.8. The molecule has 0 spiro atoms. The Kier molecular flexibility index (Phi) is 2.54. The predicted molar refractivity (Wildman–Crippen MR) is 60.2 cm³/mol. The minimum atomic E-state index is 0.193. The second-order valence-corrected chi connectivity index (χ2v) is 3.88. The van der Waals surface area contributed by atoms with Crippen LogP contribution in [-0.4, -0.2) is 10.8 Å². The molecule has 0 saturated carbocycles. The van der Waals surface area contributed by atoms with E-state index in [0.29, 0.717) is 12.2 Å². The van der Waals surface area contributed by atoms with E-state index >= 15 is 0 Å². The number of nitrogen functional groups attached to an aromatic ring is 1. The van der Waals surface area contributed by atoms with E-state index < -0.39 is 0 Å². The fraction of sp³-hybridized carbons (Fsp3) is 0.333. The second kappa shape index (κ2) is 3.85. The summed E-state index contributed by atoms with van der Waals surface area (Å²) in [6, 6.07) is 1.92. The number of aryl methyl sites for hydroxylation is 1. The molecule has 0 amide bonds. The summed E-state index contributed by atoms with van der Waals surface area (Å²) in [7, 11) is 0. The third kappa shape index (κ3) is 1.91. The lowest BCUT2D eigenvalue weighted by Gasteiger charge is -2.15. The molecular formula is C12H14N2O. The number of rotatable bonds is 1. The number of hydrogen-bond acceptors (Lipinski definition) is 3. The first kappa shape index (κ1) is 9.90. The lowest BCUT2D eigenvalue weighted by molar-refractivity contribution is -0.114. The number of hydrogen-bond donors (Lipinski definition) is 1. The Labute approximate surface area is 89.0 Å². The quantitative estimate of drug-likeness (QED) is 0.758. The van der Waals surface area contributed by atoms with Gasteiger partial charge in [-0.15, -0.1) is 0 Å². The lowest BCUT2D eigenvalue weighted by atomic mass is 9.91. The van der Waals surface area contributed by atoms with E-state index in [-0.39, 0.29) is 5.78 Å². The summed E-state index contributed by atoms with van der Waals surface area (Å²) < 4.78 is 0. The number of carbonyl (C=O) groups excluding carboxylic acids is 1. The maximum Gasteiger partial charge on any atom is 0.155 e. The van der Waals surface area contributed by atoms with Crippen molar-refractivity contribution in [2.75, 3.05) is 5.73 Å². The molecule has 0 fully saturated rings. The largest absolute Gasteiger partial charge is 0.383 e. The van der Waals surface area contributed by atoms with Crippen molar-refractivity contribution in [1.82, 2.24) is 4.98 Å². The normalized spacial score (nSPS) is 16.3. The van der Waals surface area contributed by atoms with E-state index in [0.717, 1.165) is 29.5 Å². The van der Waals surface area contributed by atoms with E-state index in [1.165, 1.54) is 0 Å². The highest BCUT2D eigenvalue weighted by molar-refractivity contribution is 5.99. The standard InChI is InChI=1S/C12H14N2O/c1-8-5-6-14-12(13)11(8)9-3-2-4-10(15)7-9/h5-7H,2-4H2,1H3,(H2,13,14). The topological polar surface area (TPSA) is 56.0 Å². The fourth-order valence-corrected chi connectivity index (χ4v) is 1.99. The molecule has 0 atom stereocenters. The van der Waals surface area contributed by atoms with Crippen molar-refractivity contribution in [1.29, 1.82) is 0 Å². The van der Waals surface area contributed by atoms with Gasteiger partial charge in [0.05, 0.1) is 0 Å². The molecule has 1 heterocycles. The molecule has 1 aromatic rings. The Morgan fingerprint density at radius 2 is 2.20 bits per heavy atom. The number of carbonyl (C=O) groups is 1. The van der Waals surface area contributed by atoms with Crippen molar-refractivity contribution in [2.45, 2.75) is 26.2 Å². The highest BCUT2D eigenvalue weighted by Gasteiger charge is 2.15. The van der Waals surface area contributed by atoms with Crippen LogP contribution in [0.25, 0.3) is 5.57 Å². The number of anilines is 1. The molecule has 1 aromatic heterocycles. The van der Waals surface area contributed by atoms with Crippen LogP contribution in [0.15, 0.2) is 18.3 Å². The lowest BCUT2D eigenvalue weighted by Crippen LogP contribution is -2.06. The van der Waals surface area contributed by atoms with Crippen LogP contribution in [0.3, 0.4) is 0 Å². The average Bonchev–Trinajstić information content (AvgIpc) is 2.17. The first-order chi connectivity index (χ1) is 7.18. The smallest absolute Gasteiger partial charge is 0.155 e. The minimum absolute atomic E-state index is 0.193. The highest BCUT2D eigenvalue weighted by Crippen LogP contribution is 2.30. The number of allylic oxidation sites excluding steroid dienone is 2. The molecule has 3 nitrogen and oxygen atoms in total. The van der Waals surface area contributed by atoms with Gasteiger partial charge in [0.15, 0.2) is 5.78 Å². The molecule has 0 saturated heterocycles. The van der Waals surface area contributed by atoms with Crippen molar-refractivity contribution in [3.8, 4) is 0 Å². The second-order valence-electron chi connectivity index (χ2n) is 3.88. The van der Waals surface area contributed by atoms with Gasteiger partial charge in [0, 0.05) is 18.2 Å². The van der Waals surface area contributed by atoms with Crippen molar-refractivity contribution >= 4 is 17.2 Å². The predicted octanol–water partition coefficient (Wildman–Crippen LogP) is 2.11. The van der Waals surface area contributed by atoms with Crippen molar-refractivity contribution in [3.63, 3.8) is 0 Å². The third-order valence-electron chi connectivity index (χ3n) is 2.71. The summed E-state index contributed by atoms with van der Waals surface area (Å²) in [5, 5.41) is 0. The van der Waals surface area contributed by atoms with Gasteiger partial charge in [-0.2, -0.15) is 0 Å². The van der Waals surface area contributed by atoms with Gasteiger partial charge < -0.3 is 5.73 Å². The van der Waals surface area contributed by atoms with Crippen LogP contribution in [-0.2, 0) is 4.79 Å². The van der Waals surface area contributed by atoms with Gasteiger partial charge in [0.1, 0.15) is 5.82 Å². The van der Waals surface area contributed by atoms with Crippen LogP contribution in [0.5, 0.6) is 0 Å². The van der Waals surface area contributed by atoms with Gasteiger partial charge >= 0.3 is 0 Å². The average molecular weight is 202 g/mol. The van der Waals surface area contributed by atoms with Crippen LogP contribution in [0, 0.1) is 6.92 Å². The van der Waals surface area contributed by atoms with Crippen LogP contribution in [0.4, 0.5) is 5.82 Å². The molecular weight excluding hydrogens is 188 g/mol. The Morgan fingerprint density at radius 3 is 2.87 bits per heavy atom. The summed E-state index contributed by atoms with van der Waals surface area (Å²) in [6.07, 6.45) is 5.90. The first-order valence-corrected chi connectivity index (χ1v) is 5.13. The van der Waals surface area contributed by atoms with Crippen LogP contribution < -0.4 is 5.73 Å². The van der Waals surface area contributed by atoms with E-state index in [2.05, 4.69) is 4.98 Å². The Hall–Kier alpha value is -1.64. The summed E-state index contributed by atoms with van der Waals surface area (Å²) in [6.45, 7) is 1.99. The zero-order valence-corrected chi connectivity index (χ0v) is 8.79. The molecule has 15 heavy (non-hydrogen) atoms. The number of aromatic nitrogens is 1. The number of ketones is 1. The van der Waals surface area contributed by atoms with Gasteiger partial charge in [-0.3, -0.25) is 4.79 Å². The SMILES string of the molecule is Cc1ccnc(N)c1C1=CC(=O)CCC1. The molecule has 0 aromatic carbocycles. The number of nitrogens with zero attached hydrogens (tertiary/aromatic N) is 1. The van der Waals surface area contributed by atoms with Crippen LogP contribution in [0.2, 0.25) is 0 Å². The highest BCUT2D eigenvalue weighted by atomic mass is 16.1. The molecule has 0 unspecified atom stereocenters. The summed E-state index contributed by atoms with van der Waals surface area (Å²) in [5.41, 5.74) is 8.91. The Morgan fingerprint density at radius 1 is 1.40 bits per heavy atom. The monoisotopic (exact) mass is 202 g/mol. The molecule has 78 valence electrons. The maximum absolute atomic E-state index is 11.3. The number of nitrogens with two attached hydrogens (primary N) is 1. The molecule has 3 heteroatoms. The van der Waals surface area contributed by atoms with Crippen LogP contribution in [0.1, 0.15) is 30.4 Å². The van der Waals surface area contributed by atoms with Crippen molar-refractivity contribution < 1.29 is 4.79 Å². The third-order valence-corrected chi connectivity index (χ3v) is 2.71. The molecule has 0 aliphatic heterocycles. The Balaban J connectivity index is 2.49. The summed E-state index contributed by atoms with van der Waals surface area (Å²) in [4.78, 5) is 15.4. The van der Waals surface area contributed by atoms with Gasteiger partial charge in [-0.05, 0) is 43.0 Å². The minimum Gasteiger partial charge on any atom is -0.383 e. The first-order valence-electron chi connectivity index (χ1n) is 5.13. The Bertz CT molecular complexity index is 415. The fourth-order valence-electron chi connectivity index (χ4n) is 1.99. The molecule has 2 N–H and O–H groups in total. The molecule has 0 radical (unpaired) electrons. The van der Waals surface area contributed by atoms with E-state index in [9.17, 15) is 4.79 Å². The van der Waals surface area contributed by atoms with Crippen LogP contribution >= 0.6 is 0 Å². The van der Waals surface area contributed by atoms with Crippen molar-refractivity contribution in [2.24, 2.45) is 0 Å². The molecule has 2 rings (SSSR count). The number of pyridine rings is 1. The van der Waals surface area contributed by atoms with E-state index in [4.69, 9.17) is 5.73 Å². The molecule has 0 bridgehead atoms. The van der Waals surface area contributed by atoms with E-state index in [1.54, 1.807) is 12.3 Å². The maximum atomic E-state index is 11.3.